The zero-order valence-electron chi connectivity index (χ0n) is 14.6. The van der Waals surface area contributed by atoms with Crippen molar-refractivity contribution >= 4 is 33.4 Å². The van der Waals surface area contributed by atoms with Gasteiger partial charge in [-0.3, -0.25) is 0 Å². The number of hydrogen-bond acceptors (Lipinski definition) is 4. The number of nitrogen functional groups attached to an aromatic ring is 2. The lowest BCUT2D eigenvalue weighted by Gasteiger charge is -2.17. The fourth-order valence-corrected chi connectivity index (χ4v) is 3.39. The smallest absolute Gasteiger partial charge is 0.150 e. The number of anilines is 2. The number of aryl methyl sites for hydroxylation is 1. The molecule has 0 unspecified atom stereocenters. The van der Waals surface area contributed by atoms with Crippen molar-refractivity contribution in [3.05, 3.63) is 35.4 Å². The van der Waals surface area contributed by atoms with Crippen LogP contribution in [0, 0.1) is 0 Å². The summed E-state index contributed by atoms with van der Waals surface area (Å²) >= 11 is 0. The molecule has 126 valence electrons. The van der Waals surface area contributed by atoms with Crippen molar-refractivity contribution in [1.82, 2.24) is 9.97 Å². The highest BCUT2D eigenvalue weighted by molar-refractivity contribution is 6.10. The number of fused-ring (bicyclic) bond motifs is 3. The first-order valence-corrected chi connectivity index (χ1v) is 8.92. The molecule has 0 atom stereocenters. The van der Waals surface area contributed by atoms with Crippen LogP contribution in [-0.4, -0.2) is 9.97 Å². The molecule has 2 heterocycles. The van der Waals surface area contributed by atoms with Gasteiger partial charge in [-0.15, -0.1) is 0 Å². The summed E-state index contributed by atoms with van der Waals surface area (Å²) in [7, 11) is 0. The maximum Gasteiger partial charge on any atom is 0.150 e. The summed E-state index contributed by atoms with van der Waals surface area (Å²) in [6.45, 7) is 4.42. The fourth-order valence-electron chi connectivity index (χ4n) is 3.39. The van der Waals surface area contributed by atoms with Crippen molar-refractivity contribution in [2.45, 2.75) is 52.4 Å². The number of aromatic nitrogens is 2. The number of nitrogens with zero attached hydrogens (tertiary/aromatic N) is 2. The number of pyridine rings is 2. The van der Waals surface area contributed by atoms with E-state index in [0.29, 0.717) is 11.6 Å². The molecule has 1 aromatic carbocycles. The lowest BCUT2D eigenvalue weighted by Crippen LogP contribution is -2.07. The van der Waals surface area contributed by atoms with Gasteiger partial charge in [0.25, 0.3) is 0 Å². The highest BCUT2D eigenvalue weighted by atomic mass is 14.9. The van der Waals surface area contributed by atoms with Gasteiger partial charge < -0.3 is 11.5 Å². The largest absolute Gasteiger partial charge is 0.383 e. The van der Waals surface area contributed by atoms with Crippen LogP contribution >= 0.6 is 0 Å². The van der Waals surface area contributed by atoms with Crippen molar-refractivity contribution in [3.8, 4) is 0 Å². The molecule has 2 aromatic heterocycles. The molecule has 3 aromatic rings. The molecular weight excluding hydrogens is 296 g/mol. The summed E-state index contributed by atoms with van der Waals surface area (Å²) in [4.78, 5) is 9.16. The van der Waals surface area contributed by atoms with Crippen LogP contribution < -0.4 is 11.5 Å². The van der Waals surface area contributed by atoms with E-state index in [0.717, 1.165) is 60.3 Å². The van der Waals surface area contributed by atoms with Gasteiger partial charge in [-0.05, 0) is 42.9 Å². The third-order valence-corrected chi connectivity index (χ3v) is 4.66. The Kier molecular flexibility index (Phi) is 4.84. The van der Waals surface area contributed by atoms with E-state index < -0.39 is 0 Å². The average molecular weight is 322 g/mol. The first-order chi connectivity index (χ1) is 11.7. The number of hydrogen-bond donors (Lipinski definition) is 2. The highest BCUT2D eigenvalue weighted by Gasteiger charge is 2.17. The summed E-state index contributed by atoms with van der Waals surface area (Å²) in [5, 5.41) is 2.27. The van der Waals surface area contributed by atoms with Gasteiger partial charge in [-0.25, -0.2) is 9.97 Å². The Balaban J connectivity index is 2.38. The van der Waals surface area contributed by atoms with Crippen molar-refractivity contribution in [2.24, 2.45) is 0 Å². The number of nitrogens with two attached hydrogens (primary N) is 2. The molecule has 0 aliphatic heterocycles. The monoisotopic (exact) mass is 322 g/mol. The molecule has 3 rings (SSSR count). The maximum absolute atomic E-state index is 6.32. The second-order valence-electron chi connectivity index (χ2n) is 6.40. The Morgan fingerprint density at radius 1 is 0.833 bits per heavy atom. The Labute approximate surface area is 143 Å². The summed E-state index contributed by atoms with van der Waals surface area (Å²) < 4.78 is 0. The summed E-state index contributed by atoms with van der Waals surface area (Å²) in [5.41, 5.74) is 16.7. The number of para-hydroxylation sites is 1. The van der Waals surface area contributed by atoms with E-state index in [1.807, 2.05) is 18.2 Å². The molecule has 24 heavy (non-hydrogen) atoms. The predicted octanol–water partition coefficient (Wildman–Crippen LogP) is 4.63. The van der Waals surface area contributed by atoms with Crippen molar-refractivity contribution < 1.29 is 0 Å². The van der Waals surface area contributed by atoms with E-state index in [-0.39, 0.29) is 0 Å². The van der Waals surface area contributed by atoms with Crippen LogP contribution in [0.1, 0.15) is 50.7 Å². The Hall–Kier alpha value is -2.36. The molecule has 0 aliphatic carbocycles. The van der Waals surface area contributed by atoms with Gasteiger partial charge in [0, 0.05) is 10.8 Å². The number of unbranched alkanes of at least 4 members (excludes halogenated alkanes) is 2. The van der Waals surface area contributed by atoms with Crippen LogP contribution in [0.2, 0.25) is 0 Å². The normalized spacial score (nSPS) is 11.4. The van der Waals surface area contributed by atoms with Crippen LogP contribution in [0.5, 0.6) is 0 Å². The predicted molar refractivity (Wildman–Crippen MR) is 103 cm³/mol. The van der Waals surface area contributed by atoms with Gasteiger partial charge in [0.15, 0.2) is 5.82 Å². The van der Waals surface area contributed by atoms with Gasteiger partial charge in [-0.1, -0.05) is 44.9 Å². The van der Waals surface area contributed by atoms with Crippen LogP contribution in [0.15, 0.2) is 24.3 Å². The average Bonchev–Trinajstić information content (AvgIpc) is 2.59. The fraction of sp³-hybridized carbons (Fsp3) is 0.400. The van der Waals surface area contributed by atoms with Crippen molar-refractivity contribution in [3.63, 3.8) is 0 Å². The molecule has 0 radical (unpaired) electrons. The zero-order valence-corrected chi connectivity index (χ0v) is 14.6. The molecule has 0 amide bonds. The van der Waals surface area contributed by atoms with Gasteiger partial charge in [0.2, 0.25) is 0 Å². The minimum Gasteiger partial charge on any atom is -0.383 e. The minimum atomic E-state index is 0.468. The lowest BCUT2D eigenvalue weighted by molar-refractivity contribution is 0.761. The van der Waals surface area contributed by atoms with Gasteiger partial charge in [0.05, 0.1) is 5.52 Å². The number of benzene rings is 1. The quantitative estimate of drug-likeness (QED) is 0.648. The van der Waals surface area contributed by atoms with Crippen LogP contribution in [0.4, 0.5) is 11.6 Å². The third kappa shape index (κ3) is 2.88. The minimum absolute atomic E-state index is 0.468. The van der Waals surface area contributed by atoms with Crippen LogP contribution in [-0.2, 0) is 12.8 Å². The van der Waals surface area contributed by atoms with Gasteiger partial charge >= 0.3 is 0 Å². The molecule has 0 bridgehead atoms. The first kappa shape index (κ1) is 16.5. The molecule has 0 aliphatic rings. The summed E-state index contributed by atoms with van der Waals surface area (Å²) in [5.74, 6) is 1.08. The second-order valence-corrected chi connectivity index (χ2v) is 6.40. The topological polar surface area (TPSA) is 77.8 Å². The van der Waals surface area contributed by atoms with E-state index in [2.05, 4.69) is 29.9 Å². The van der Waals surface area contributed by atoms with E-state index in [1.54, 1.807) is 0 Å². The Morgan fingerprint density at radius 3 is 2.21 bits per heavy atom. The second kappa shape index (κ2) is 7.04. The summed E-state index contributed by atoms with van der Waals surface area (Å²) in [6, 6.07) is 8.16. The van der Waals surface area contributed by atoms with E-state index in [4.69, 9.17) is 11.5 Å². The van der Waals surface area contributed by atoms with Crippen molar-refractivity contribution in [2.75, 3.05) is 11.5 Å². The lowest BCUT2D eigenvalue weighted by atomic mass is 9.93. The van der Waals surface area contributed by atoms with Gasteiger partial charge in [-0.2, -0.15) is 0 Å². The van der Waals surface area contributed by atoms with Crippen LogP contribution in [0.25, 0.3) is 21.8 Å². The van der Waals surface area contributed by atoms with Crippen molar-refractivity contribution in [1.29, 1.82) is 0 Å². The zero-order chi connectivity index (χ0) is 17.1. The molecule has 0 saturated carbocycles. The van der Waals surface area contributed by atoms with Gasteiger partial charge in [0.1, 0.15) is 11.3 Å². The molecule has 4 N–H and O–H groups in total. The molecule has 4 heteroatoms. The SMILES string of the molecule is CCCCc1c(N)nc2c(N)nc3ccccc3c2c1CCCC. The van der Waals surface area contributed by atoms with E-state index in [1.165, 1.54) is 11.1 Å². The molecule has 0 spiro atoms. The molecule has 0 fully saturated rings. The Morgan fingerprint density at radius 2 is 1.50 bits per heavy atom. The van der Waals surface area contributed by atoms with E-state index >= 15 is 0 Å². The highest BCUT2D eigenvalue weighted by Crippen LogP contribution is 2.35. The molecule has 0 saturated heterocycles. The standard InChI is InChI=1S/C20H26N4/c1-3-5-9-13-14(10-6-4-2)19(21)24-18-17(13)15-11-7-8-12-16(15)23-20(18)22/h7-8,11-12H,3-6,9-10H2,1-2H3,(H2,21,24)(H2,22,23). The maximum atomic E-state index is 6.32. The molecule has 4 nitrogen and oxygen atoms in total. The first-order valence-electron chi connectivity index (χ1n) is 8.92. The Bertz CT molecular complexity index is 871. The number of rotatable bonds is 6. The van der Waals surface area contributed by atoms with E-state index in [9.17, 15) is 0 Å². The summed E-state index contributed by atoms with van der Waals surface area (Å²) in [6.07, 6.45) is 6.52. The molecular formula is C20H26N4. The van der Waals surface area contributed by atoms with Crippen LogP contribution in [0.3, 0.4) is 0 Å². The third-order valence-electron chi connectivity index (χ3n) is 4.66.